The summed E-state index contributed by atoms with van der Waals surface area (Å²) < 4.78 is 13.0. The lowest BCUT2D eigenvalue weighted by Crippen LogP contribution is -2.34. The van der Waals surface area contributed by atoms with Crippen molar-refractivity contribution < 1.29 is 8.83 Å². The van der Waals surface area contributed by atoms with Crippen molar-refractivity contribution in [2.24, 2.45) is 9.98 Å². The summed E-state index contributed by atoms with van der Waals surface area (Å²) in [6, 6.07) is 65.1. The first-order valence-electron chi connectivity index (χ1n) is 18.8. The Morgan fingerprint density at radius 3 is 1.70 bits per heavy atom. The molecule has 11 rings (SSSR count). The number of rotatable bonds is 6. The van der Waals surface area contributed by atoms with E-state index in [-0.39, 0.29) is 0 Å². The number of furan rings is 2. The lowest BCUT2D eigenvalue weighted by molar-refractivity contribution is 0.663. The van der Waals surface area contributed by atoms with Gasteiger partial charge in [-0.25, -0.2) is 9.98 Å². The molecule has 10 aromatic rings. The maximum Gasteiger partial charge on any atom is 0.163 e. The molecule has 0 amide bonds. The smallest absolute Gasteiger partial charge is 0.163 e. The molecule has 1 aliphatic rings. The van der Waals surface area contributed by atoms with Crippen molar-refractivity contribution >= 4 is 55.5 Å². The first-order valence-corrected chi connectivity index (χ1v) is 18.8. The van der Waals surface area contributed by atoms with Crippen LogP contribution in [0.1, 0.15) is 22.9 Å². The van der Waals surface area contributed by atoms with Crippen molar-refractivity contribution in [1.82, 2.24) is 5.32 Å². The summed E-state index contributed by atoms with van der Waals surface area (Å²) in [5.74, 6) is 1.30. The van der Waals surface area contributed by atoms with Crippen LogP contribution in [0.3, 0.4) is 0 Å². The van der Waals surface area contributed by atoms with Crippen molar-refractivity contribution in [2.75, 3.05) is 0 Å². The van der Waals surface area contributed by atoms with Gasteiger partial charge in [0.25, 0.3) is 0 Å². The molecule has 0 saturated heterocycles. The fourth-order valence-electron chi connectivity index (χ4n) is 8.05. The van der Waals surface area contributed by atoms with Crippen molar-refractivity contribution in [3.05, 3.63) is 205 Å². The van der Waals surface area contributed by atoms with Crippen molar-refractivity contribution in [3.8, 4) is 33.4 Å². The Bertz CT molecular complexity index is 3140. The maximum absolute atomic E-state index is 6.55. The Morgan fingerprint density at radius 1 is 0.411 bits per heavy atom. The molecule has 0 aliphatic carbocycles. The zero-order valence-electron chi connectivity index (χ0n) is 30.2. The summed E-state index contributed by atoms with van der Waals surface area (Å²) in [4.78, 5) is 10.8. The Morgan fingerprint density at radius 2 is 0.982 bits per heavy atom. The Labute approximate surface area is 322 Å². The molecule has 2 aromatic heterocycles. The number of para-hydroxylation sites is 3. The van der Waals surface area contributed by atoms with E-state index in [9.17, 15) is 0 Å². The van der Waals surface area contributed by atoms with Crippen LogP contribution in [0.25, 0.3) is 77.3 Å². The number of benzene rings is 8. The van der Waals surface area contributed by atoms with Crippen LogP contribution >= 0.6 is 0 Å². The first-order chi connectivity index (χ1) is 27.7. The Hall–Kier alpha value is -7.50. The molecule has 0 spiro atoms. The van der Waals surface area contributed by atoms with Crippen LogP contribution in [0.5, 0.6) is 0 Å². The summed E-state index contributed by atoms with van der Waals surface area (Å²) in [6.07, 6.45) is -0.441. The van der Waals surface area contributed by atoms with Gasteiger partial charge in [-0.2, -0.15) is 0 Å². The second-order valence-corrected chi connectivity index (χ2v) is 14.1. The molecule has 56 heavy (non-hydrogen) atoms. The van der Waals surface area contributed by atoms with E-state index in [0.29, 0.717) is 11.7 Å². The Balaban J connectivity index is 1.13. The van der Waals surface area contributed by atoms with Gasteiger partial charge in [-0.15, -0.1) is 0 Å². The lowest BCUT2D eigenvalue weighted by atomic mass is 9.92. The van der Waals surface area contributed by atoms with Crippen LogP contribution < -0.4 is 5.32 Å². The van der Waals surface area contributed by atoms with E-state index in [1.165, 1.54) is 11.1 Å². The average molecular weight is 720 g/mol. The fraction of sp³-hybridized carbons (Fsp3) is 0.0196. The molecule has 5 nitrogen and oxygen atoms in total. The van der Waals surface area contributed by atoms with Gasteiger partial charge >= 0.3 is 0 Å². The van der Waals surface area contributed by atoms with E-state index in [1.807, 2.05) is 42.5 Å². The summed E-state index contributed by atoms with van der Waals surface area (Å²) in [7, 11) is 0. The van der Waals surface area contributed by atoms with Gasteiger partial charge < -0.3 is 14.2 Å². The quantitative estimate of drug-likeness (QED) is 0.186. The van der Waals surface area contributed by atoms with Gasteiger partial charge in [0, 0.05) is 27.1 Å². The van der Waals surface area contributed by atoms with Crippen LogP contribution in [0.15, 0.2) is 207 Å². The standard InChI is InChI=1S/C51H33N3O2/c1-3-12-32(13-4-1)34-22-26-36(27-23-34)38-30-31-45-46(41-17-8-10-21-44(41)55-45)47(38)51-53-49(37-28-24-35(25-29-37)33-14-5-2-6-15-33)52-50(54-51)42-19-11-18-40-39-16-7-9-20-43(39)56-48(40)42/h1-31,49H,(H,52,53,54). The predicted octanol–water partition coefficient (Wildman–Crippen LogP) is 13.0. The third kappa shape index (κ3) is 5.40. The minimum Gasteiger partial charge on any atom is -0.456 e. The van der Waals surface area contributed by atoms with Gasteiger partial charge in [-0.1, -0.05) is 158 Å². The molecular formula is C51H33N3O2. The predicted molar refractivity (Wildman–Crippen MR) is 229 cm³/mol. The summed E-state index contributed by atoms with van der Waals surface area (Å²) in [5, 5.41) is 7.92. The molecule has 3 heterocycles. The zero-order chi connectivity index (χ0) is 37.0. The van der Waals surface area contributed by atoms with Crippen molar-refractivity contribution in [2.45, 2.75) is 6.17 Å². The summed E-state index contributed by atoms with van der Waals surface area (Å²) >= 11 is 0. The normalized spacial score (nSPS) is 14.2. The summed E-state index contributed by atoms with van der Waals surface area (Å²) in [6.45, 7) is 0. The Kier molecular flexibility index (Phi) is 7.49. The van der Waals surface area contributed by atoms with Gasteiger partial charge in [-0.3, -0.25) is 0 Å². The van der Waals surface area contributed by atoms with Gasteiger partial charge in [-0.05, 0) is 69.3 Å². The fourth-order valence-corrected chi connectivity index (χ4v) is 8.05. The summed E-state index contributed by atoms with van der Waals surface area (Å²) in [5.41, 5.74) is 12.8. The first kappa shape index (κ1) is 32.0. The third-order valence-electron chi connectivity index (χ3n) is 10.8. The number of nitrogens with one attached hydrogen (secondary N) is 1. The molecule has 5 heteroatoms. The zero-order valence-corrected chi connectivity index (χ0v) is 30.2. The molecule has 0 fully saturated rings. The largest absolute Gasteiger partial charge is 0.456 e. The number of hydrogen-bond acceptors (Lipinski definition) is 5. The number of hydrogen-bond donors (Lipinski definition) is 1. The SMILES string of the molecule is c1ccc(-c2ccc(-c3ccc4oc5ccccc5c4c3C3=NC(c4cccc5c4oc4ccccc45)=NC(c4ccc(-c5ccccc5)cc4)N3)cc2)cc1. The number of amidine groups is 2. The van der Waals surface area contributed by atoms with Crippen LogP contribution in [0, 0.1) is 0 Å². The second kappa shape index (κ2) is 13.1. The van der Waals surface area contributed by atoms with Crippen LogP contribution in [-0.4, -0.2) is 11.7 Å². The molecule has 1 N–H and O–H groups in total. The molecule has 264 valence electrons. The van der Waals surface area contributed by atoms with Crippen LogP contribution in [0.2, 0.25) is 0 Å². The minimum atomic E-state index is -0.441. The maximum atomic E-state index is 6.55. The molecule has 8 aromatic carbocycles. The van der Waals surface area contributed by atoms with Gasteiger partial charge in [0.1, 0.15) is 34.3 Å². The lowest BCUT2D eigenvalue weighted by Gasteiger charge is -2.25. The van der Waals surface area contributed by atoms with Crippen LogP contribution in [0.4, 0.5) is 0 Å². The van der Waals surface area contributed by atoms with Crippen molar-refractivity contribution in [3.63, 3.8) is 0 Å². The molecule has 1 unspecified atom stereocenters. The highest BCUT2D eigenvalue weighted by atomic mass is 16.3. The number of aliphatic imine (C=N–C) groups is 2. The molecular weight excluding hydrogens is 687 g/mol. The monoisotopic (exact) mass is 719 g/mol. The van der Waals surface area contributed by atoms with E-state index in [0.717, 1.165) is 82.8 Å². The van der Waals surface area contributed by atoms with Gasteiger partial charge in [0.05, 0.1) is 5.56 Å². The molecule has 0 saturated carbocycles. The molecule has 0 radical (unpaired) electrons. The van der Waals surface area contributed by atoms with E-state index in [4.69, 9.17) is 18.8 Å². The van der Waals surface area contributed by atoms with E-state index in [1.54, 1.807) is 0 Å². The topological polar surface area (TPSA) is 63.0 Å². The molecule has 0 bridgehead atoms. The molecule has 1 atom stereocenters. The van der Waals surface area contributed by atoms with Crippen LogP contribution in [-0.2, 0) is 0 Å². The minimum absolute atomic E-state index is 0.441. The van der Waals surface area contributed by atoms with Gasteiger partial charge in [0.15, 0.2) is 5.84 Å². The number of nitrogens with zero attached hydrogens (tertiary/aromatic N) is 2. The van der Waals surface area contributed by atoms with Crippen molar-refractivity contribution in [1.29, 1.82) is 0 Å². The van der Waals surface area contributed by atoms with E-state index >= 15 is 0 Å². The van der Waals surface area contributed by atoms with E-state index in [2.05, 4.69) is 151 Å². The third-order valence-corrected chi connectivity index (χ3v) is 10.8. The second-order valence-electron chi connectivity index (χ2n) is 14.1. The number of fused-ring (bicyclic) bond motifs is 6. The average Bonchev–Trinajstić information content (AvgIpc) is 3.85. The highest BCUT2D eigenvalue weighted by Gasteiger charge is 2.28. The van der Waals surface area contributed by atoms with Gasteiger partial charge in [0.2, 0.25) is 0 Å². The highest BCUT2D eigenvalue weighted by molar-refractivity contribution is 6.26. The molecule has 1 aliphatic heterocycles. The highest BCUT2D eigenvalue weighted by Crippen LogP contribution is 2.40. The van der Waals surface area contributed by atoms with E-state index < -0.39 is 6.17 Å².